The van der Waals surface area contributed by atoms with Crippen molar-refractivity contribution in [2.45, 2.75) is 17.6 Å². The van der Waals surface area contributed by atoms with Crippen molar-refractivity contribution in [2.75, 3.05) is 5.32 Å². The van der Waals surface area contributed by atoms with Gasteiger partial charge in [0.25, 0.3) is 5.91 Å². The minimum absolute atomic E-state index is 0.232. The second-order valence-electron chi connectivity index (χ2n) is 7.30. The highest BCUT2D eigenvalue weighted by molar-refractivity contribution is 7.98. The van der Waals surface area contributed by atoms with E-state index in [1.54, 1.807) is 37.3 Å². The predicted octanol–water partition coefficient (Wildman–Crippen LogP) is 5.61. The number of hydrogen-bond acceptors (Lipinski definition) is 6. The zero-order valence-corrected chi connectivity index (χ0v) is 18.3. The summed E-state index contributed by atoms with van der Waals surface area (Å²) in [4.78, 5) is 25.7. The number of aromatic amines is 1. The molecule has 0 bridgehead atoms. The molecule has 0 atom stereocenters. The number of anilines is 1. The minimum Gasteiger partial charge on any atom is -0.338 e. The third-order valence-corrected chi connectivity index (χ3v) is 5.95. The van der Waals surface area contributed by atoms with Gasteiger partial charge in [0, 0.05) is 16.1 Å². The van der Waals surface area contributed by atoms with Crippen LogP contribution in [0.5, 0.6) is 0 Å². The summed E-state index contributed by atoms with van der Waals surface area (Å²) in [5.41, 5.74) is 3.27. The summed E-state index contributed by atoms with van der Waals surface area (Å²) < 4.78 is 18.7. The molecule has 0 aliphatic carbocycles. The van der Waals surface area contributed by atoms with Crippen LogP contribution in [-0.4, -0.2) is 26.0 Å². The lowest BCUT2D eigenvalue weighted by Gasteiger charge is -2.09. The summed E-state index contributed by atoms with van der Waals surface area (Å²) in [5.74, 6) is 1.55. The van der Waals surface area contributed by atoms with Crippen molar-refractivity contribution in [3.05, 3.63) is 89.8 Å². The molecule has 0 saturated heterocycles. The van der Waals surface area contributed by atoms with Crippen LogP contribution in [0.15, 0.2) is 76.1 Å². The molecule has 2 aromatic heterocycles. The van der Waals surface area contributed by atoms with Crippen LogP contribution in [0.2, 0.25) is 0 Å². The van der Waals surface area contributed by atoms with Crippen molar-refractivity contribution >= 4 is 34.4 Å². The number of benzene rings is 3. The molecule has 2 N–H and O–H groups in total. The number of carbonyl (C=O) groups excluding carboxylic acids is 1. The number of halogens is 1. The molecule has 0 spiro atoms. The normalized spacial score (nSPS) is 11.1. The van der Waals surface area contributed by atoms with Gasteiger partial charge < -0.3 is 14.8 Å². The third-order valence-electron chi connectivity index (χ3n) is 4.89. The number of thioether (sulfide) groups is 1. The average Bonchev–Trinajstić information content (AvgIpc) is 3.43. The van der Waals surface area contributed by atoms with Crippen LogP contribution in [0.25, 0.3) is 22.4 Å². The summed E-state index contributed by atoms with van der Waals surface area (Å²) in [6, 6.07) is 19.0. The quantitative estimate of drug-likeness (QED) is 0.321. The van der Waals surface area contributed by atoms with Gasteiger partial charge in [0.1, 0.15) is 11.6 Å². The molecule has 1 amide bonds. The van der Waals surface area contributed by atoms with Crippen LogP contribution in [-0.2, 0) is 5.75 Å². The first-order valence-corrected chi connectivity index (χ1v) is 11.1. The number of aryl methyl sites for hydroxylation is 1. The van der Waals surface area contributed by atoms with Gasteiger partial charge in [-0.15, -0.1) is 11.8 Å². The molecule has 0 fully saturated rings. The van der Waals surface area contributed by atoms with Crippen LogP contribution >= 0.6 is 11.8 Å². The van der Waals surface area contributed by atoms with Gasteiger partial charge in [-0.05, 0) is 49.4 Å². The van der Waals surface area contributed by atoms with Gasteiger partial charge in [-0.25, -0.2) is 9.37 Å². The zero-order valence-electron chi connectivity index (χ0n) is 17.5. The Morgan fingerprint density at radius 1 is 1.09 bits per heavy atom. The molecule has 0 radical (unpaired) electrons. The highest BCUT2D eigenvalue weighted by Gasteiger charge is 2.14. The Kier molecular flexibility index (Phi) is 5.62. The second-order valence-corrected chi connectivity index (χ2v) is 8.32. The number of hydrogen-bond donors (Lipinski definition) is 2. The van der Waals surface area contributed by atoms with Crippen LogP contribution < -0.4 is 5.32 Å². The highest BCUT2D eigenvalue weighted by atomic mass is 32.2. The summed E-state index contributed by atoms with van der Waals surface area (Å²) in [7, 11) is 0. The van der Waals surface area contributed by atoms with Crippen molar-refractivity contribution in [3.8, 4) is 11.4 Å². The number of nitrogens with one attached hydrogen (secondary N) is 2. The molecule has 5 rings (SSSR count). The number of carbonyl (C=O) groups is 1. The fourth-order valence-corrected chi connectivity index (χ4v) is 4.26. The molecule has 5 aromatic rings. The van der Waals surface area contributed by atoms with Gasteiger partial charge in [-0.3, -0.25) is 4.79 Å². The lowest BCUT2D eigenvalue weighted by molar-refractivity contribution is 0.102. The van der Waals surface area contributed by atoms with Crippen LogP contribution in [0.4, 0.5) is 10.1 Å². The summed E-state index contributed by atoms with van der Waals surface area (Å²) in [5, 5.41) is 6.73. The molecule has 2 heterocycles. The maximum atomic E-state index is 13.6. The maximum Gasteiger partial charge on any atom is 0.256 e. The Morgan fingerprint density at radius 2 is 1.97 bits per heavy atom. The lowest BCUT2D eigenvalue weighted by atomic mass is 10.2. The van der Waals surface area contributed by atoms with E-state index in [9.17, 15) is 9.18 Å². The molecule has 7 nitrogen and oxygen atoms in total. The van der Waals surface area contributed by atoms with Gasteiger partial charge in [0.15, 0.2) is 5.82 Å². The van der Waals surface area contributed by atoms with Gasteiger partial charge >= 0.3 is 0 Å². The van der Waals surface area contributed by atoms with E-state index >= 15 is 0 Å². The molecular formula is C24H18FN5O2S. The van der Waals surface area contributed by atoms with E-state index in [1.165, 1.54) is 23.9 Å². The molecule has 0 saturated carbocycles. The second kappa shape index (κ2) is 8.87. The van der Waals surface area contributed by atoms with E-state index in [0.29, 0.717) is 40.1 Å². The van der Waals surface area contributed by atoms with Crippen LogP contribution in [0.3, 0.4) is 0 Å². The summed E-state index contributed by atoms with van der Waals surface area (Å²) in [6.45, 7) is 1.76. The Morgan fingerprint density at radius 3 is 2.79 bits per heavy atom. The van der Waals surface area contributed by atoms with Gasteiger partial charge in [-0.2, -0.15) is 4.98 Å². The van der Waals surface area contributed by atoms with Crippen molar-refractivity contribution in [2.24, 2.45) is 0 Å². The molecule has 0 aliphatic heterocycles. The molecule has 0 aliphatic rings. The Labute approximate surface area is 192 Å². The van der Waals surface area contributed by atoms with E-state index < -0.39 is 0 Å². The Hall–Kier alpha value is -3.98. The standard InChI is InChI=1S/C24H18FN5O2S/c1-14-26-22(32-30-14)13-33-21-8-3-2-7-18(21)24(31)27-17-9-10-19-20(12-17)29-23(28-19)15-5-4-6-16(25)11-15/h2-12H,13H2,1H3,(H,27,31)(H,28,29). The third kappa shape index (κ3) is 4.63. The highest BCUT2D eigenvalue weighted by Crippen LogP contribution is 2.28. The number of nitrogens with zero attached hydrogens (tertiary/aromatic N) is 3. The first-order chi connectivity index (χ1) is 16.0. The van der Waals surface area contributed by atoms with Crippen molar-refractivity contribution in [1.29, 1.82) is 0 Å². The van der Waals surface area contributed by atoms with E-state index in [-0.39, 0.29) is 11.7 Å². The Bertz CT molecular complexity index is 1460. The van der Waals surface area contributed by atoms with Crippen molar-refractivity contribution in [3.63, 3.8) is 0 Å². The van der Waals surface area contributed by atoms with Crippen LogP contribution in [0.1, 0.15) is 22.1 Å². The van der Waals surface area contributed by atoms with E-state index in [2.05, 4.69) is 25.4 Å². The van der Waals surface area contributed by atoms with E-state index in [4.69, 9.17) is 4.52 Å². The number of rotatable bonds is 6. The molecular weight excluding hydrogens is 441 g/mol. The number of imidazole rings is 1. The summed E-state index contributed by atoms with van der Waals surface area (Å²) >= 11 is 1.45. The smallest absolute Gasteiger partial charge is 0.256 e. The molecule has 164 valence electrons. The summed E-state index contributed by atoms with van der Waals surface area (Å²) in [6.07, 6.45) is 0. The fourth-order valence-electron chi connectivity index (χ4n) is 3.38. The largest absolute Gasteiger partial charge is 0.338 e. The molecule has 9 heteroatoms. The van der Waals surface area contributed by atoms with Crippen molar-refractivity contribution < 1.29 is 13.7 Å². The fraction of sp³-hybridized carbons (Fsp3) is 0.0833. The predicted molar refractivity (Wildman–Crippen MR) is 124 cm³/mol. The number of fused-ring (bicyclic) bond motifs is 1. The topological polar surface area (TPSA) is 96.7 Å². The number of H-pyrrole nitrogens is 1. The van der Waals surface area contributed by atoms with Gasteiger partial charge in [0.2, 0.25) is 5.89 Å². The van der Waals surface area contributed by atoms with E-state index in [0.717, 1.165) is 15.9 Å². The molecule has 0 unspecified atom stereocenters. The van der Waals surface area contributed by atoms with Crippen LogP contribution in [0, 0.1) is 12.7 Å². The first kappa shape index (κ1) is 20.9. The monoisotopic (exact) mass is 459 g/mol. The van der Waals surface area contributed by atoms with Crippen molar-refractivity contribution in [1.82, 2.24) is 20.1 Å². The maximum absolute atomic E-state index is 13.6. The number of aromatic nitrogens is 4. The van der Waals surface area contributed by atoms with E-state index in [1.807, 2.05) is 24.3 Å². The first-order valence-electron chi connectivity index (χ1n) is 10.1. The zero-order chi connectivity index (χ0) is 22.8. The number of amides is 1. The average molecular weight is 460 g/mol. The lowest BCUT2D eigenvalue weighted by Crippen LogP contribution is -2.13. The SMILES string of the molecule is Cc1noc(CSc2ccccc2C(=O)Nc2ccc3nc(-c4cccc(F)c4)[nH]c3c2)n1. The van der Waals surface area contributed by atoms with Gasteiger partial charge in [0.05, 0.1) is 22.3 Å². The Balaban J connectivity index is 1.35. The van der Waals surface area contributed by atoms with Gasteiger partial charge in [-0.1, -0.05) is 29.4 Å². The molecule has 3 aromatic carbocycles. The minimum atomic E-state index is -0.327. The molecule has 33 heavy (non-hydrogen) atoms.